The van der Waals surface area contributed by atoms with E-state index in [1.807, 2.05) is 29.6 Å². The summed E-state index contributed by atoms with van der Waals surface area (Å²) in [6.07, 6.45) is 1.31. The Labute approximate surface area is 178 Å². The summed E-state index contributed by atoms with van der Waals surface area (Å²) in [5, 5.41) is 11.0. The Balaban J connectivity index is 2.28. The Kier molecular flexibility index (Phi) is 7.61. The van der Waals surface area contributed by atoms with Gasteiger partial charge in [0.1, 0.15) is 18.2 Å². The highest BCUT2D eigenvalue weighted by Gasteiger charge is 2.14. The van der Waals surface area contributed by atoms with Crippen LogP contribution in [0.15, 0.2) is 50.9 Å². The van der Waals surface area contributed by atoms with Crippen LogP contribution in [0.2, 0.25) is 0 Å². The van der Waals surface area contributed by atoms with Gasteiger partial charge in [-0.05, 0) is 41.5 Å². The van der Waals surface area contributed by atoms with Gasteiger partial charge < -0.3 is 15.2 Å². The van der Waals surface area contributed by atoms with Crippen molar-refractivity contribution in [3.63, 3.8) is 0 Å². The van der Waals surface area contributed by atoms with Crippen LogP contribution in [0, 0.1) is 11.3 Å². The van der Waals surface area contributed by atoms with Crippen molar-refractivity contribution >= 4 is 49.9 Å². The Bertz CT molecular complexity index is 966. The summed E-state index contributed by atoms with van der Waals surface area (Å²) in [6, 6.07) is 11.7. The molecule has 0 bridgehead atoms. The molecule has 2 rings (SSSR count). The average Bonchev–Trinajstić information content (AvgIpc) is 2.66. The standard InChI is InChI=1S/C19H15Br2N3O4/c1-27-16-7-12(6-13(9-22)18(25)24-19(23)26)15(21)8-17(16)28-10-11-2-4-14(20)5-3-11/h2-8H,10H2,1H3,(H3,23,24,25,26)/b13-6-. The van der Waals surface area contributed by atoms with Gasteiger partial charge in [-0.2, -0.15) is 5.26 Å². The van der Waals surface area contributed by atoms with Crippen molar-refractivity contribution in [2.24, 2.45) is 5.73 Å². The number of methoxy groups -OCH3 is 1. The molecule has 2 aromatic rings. The van der Waals surface area contributed by atoms with Crippen molar-refractivity contribution in [3.8, 4) is 17.6 Å². The summed E-state index contributed by atoms with van der Waals surface area (Å²) < 4.78 is 12.7. The molecular formula is C19H15Br2N3O4. The van der Waals surface area contributed by atoms with E-state index in [0.717, 1.165) is 10.0 Å². The number of ether oxygens (including phenoxy) is 2. The van der Waals surface area contributed by atoms with Crippen LogP contribution in [0.25, 0.3) is 6.08 Å². The summed E-state index contributed by atoms with van der Waals surface area (Å²) in [7, 11) is 1.48. The highest BCUT2D eigenvalue weighted by molar-refractivity contribution is 9.10. The zero-order valence-electron chi connectivity index (χ0n) is 14.7. The van der Waals surface area contributed by atoms with Crippen LogP contribution in [0.1, 0.15) is 11.1 Å². The molecule has 0 heterocycles. The van der Waals surface area contributed by atoms with Gasteiger partial charge in [-0.3, -0.25) is 10.1 Å². The largest absolute Gasteiger partial charge is 0.493 e. The maximum Gasteiger partial charge on any atom is 0.319 e. The van der Waals surface area contributed by atoms with Crippen LogP contribution in [0.5, 0.6) is 11.5 Å². The first-order valence-corrected chi connectivity index (χ1v) is 9.40. The molecule has 0 radical (unpaired) electrons. The number of urea groups is 1. The predicted molar refractivity (Wildman–Crippen MR) is 110 cm³/mol. The molecule has 3 amide bonds. The first kappa shape index (κ1) is 21.5. The number of hydrogen-bond acceptors (Lipinski definition) is 5. The number of primary amides is 1. The minimum atomic E-state index is -1.04. The molecule has 0 aromatic heterocycles. The first-order valence-electron chi connectivity index (χ1n) is 7.81. The van der Waals surface area contributed by atoms with Gasteiger partial charge in [0.25, 0.3) is 5.91 Å². The number of benzene rings is 2. The van der Waals surface area contributed by atoms with Gasteiger partial charge in [0.2, 0.25) is 0 Å². The number of nitriles is 1. The molecule has 144 valence electrons. The molecule has 0 aliphatic carbocycles. The van der Waals surface area contributed by atoms with E-state index < -0.39 is 11.9 Å². The molecule has 9 heteroatoms. The predicted octanol–water partition coefficient (Wildman–Crippen LogP) is 3.90. The van der Waals surface area contributed by atoms with Crippen LogP contribution < -0.4 is 20.5 Å². The molecule has 0 spiro atoms. The molecule has 0 atom stereocenters. The van der Waals surface area contributed by atoms with E-state index in [2.05, 4.69) is 31.9 Å². The van der Waals surface area contributed by atoms with Gasteiger partial charge in [0.15, 0.2) is 11.5 Å². The van der Waals surface area contributed by atoms with E-state index in [0.29, 0.717) is 28.1 Å². The molecule has 0 aliphatic rings. The molecule has 3 N–H and O–H groups in total. The Hall–Kier alpha value is -2.83. The van der Waals surface area contributed by atoms with E-state index in [1.54, 1.807) is 18.2 Å². The zero-order valence-corrected chi connectivity index (χ0v) is 17.8. The van der Waals surface area contributed by atoms with Gasteiger partial charge in [0, 0.05) is 8.95 Å². The Morgan fingerprint density at radius 1 is 1.21 bits per heavy atom. The van der Waals surface area contributed by atoms with Crippen molar-refractivity contribution < 1.29 is 19.1 Å². The van der Waals surface area contributed by atoms with Crippen LogP contribution in [-0.2, 0) is 11.4 Å². The number of imide groups is 1. The van der Waals surface area contributed by atoms with E-state index in [9.17, 15) is 9.59 Å². The lowest BCUT2D eigenvalue weighted by Gasteiger charge is -2.13. The highest BCUT2D eigenvalue weighted by atomic mass is 79.9. The minimum absolute atomic E-state index is 0.287. The number of nitrogens with one attached hydrogen (secondary N) is 1. The molecule has 0 saturated carbocycles. The normalized spacial score (nSPS) is 10.7. The quantitative estimate of drug-likeness (QED) is 0.453. The molecular weight excluding hydrogens is 494 g/mol. The number of rotatable bonds is 6. The fourth-order valence-corrected chi connectivity index (χ4v) is 2.86. The SMILES string of the molecule is COc1cc(/C=C(/C#N)C(=O)NC(N)=O)c(Br)cc1OCc1ccc(Br)cc1. The Morgan fingerprint density at radius 3 is 2.46 bits per heavy atom. The summed E-state index contributed by atoms with van der Waals surface area (Å²) in [5.74, 6) is 0.00475. The second-order valence-electron chi connectivity index (χ2n) is 5.43. The minimum Gasteiger partial charge on any atom is -0.493 e. The molecule has 7 nitrogen and oxygen atoms in total. The third kappa shape index (κ3) is 5.84. The van der Waals surface area contributed by atoms with Crippen molar-refractivity contribution in [3.05, 3.63) is 62.0 Å². The van der Waals surface area contributed by atoms with Gasteiger partial charge in [-0.25, -0.2) is 4.79 Å². The van der Waals surface area contributed by atoms with E-state index in [-0.39, 0.29) is 5.57 Å². The van der Waals surface area contributed by atoms with Gasteiger partial charge >= 0.3 is 6.03 Å². The zero-order chi connectivity index (χ0) is 20.7. The van der Waals surface area contributed by atoms with Crippen molar-refractivity contribution in [2.45, 2.75) is 6.61 Å². The third-order valence-corrected chi connectivity index (χ3v) is 4.71. The lowest BCUT2D eigenvalue weighted by Crippen LogP contribution is -2.35. The average molecular weight is 509 g/mol. The number of amides is 3. The molecule has 0 unspecified atom stereocenters. The van der Waals surface area contributed by atoms with Crippen LogP contribution >= 0.6 is 31.9 Å². The second-order valence-corrected chi connectivity index (χ2v) is 7.20. The molecule has 2 aromatic carbocycles. The number of nitrogens with zero attached hydrogens (tertiary/aromatic N) is 1. The molecule has 0 fully saturated rings. The van der Waals surface area contributed by atoms with Gasteiger partial charge in [0.05, 0.1) is 7.11 Å². The van der Waals surface area contributed by atoms with Crippen molar-refractivity contribution in [2.75, 3.05) is 7.11 Å². The first-order chi connectivity index (χ1) is 13.3. The van der Waals surface area contributed by atoms with Crippen molar-refractivity contribution in [1.29, 1.82) is 5.26 Å². The maximum absolute atomic E-state index is 11.8. The van der Waals surface area contributed by atoms with Crippen LogP contribution in [0.3, 0.4) is 0 Å². The number of halogens is 2. The summed E-state index contributed by atoms with van der Waals surface area (Å²) >= 11 is 6.77. The van der Waals surface area contributed by atoms with E-state index in [1.165, 1.54) is 13.2 Å². The highest BCUT2D eigenvalue weighted by Crippen LogP contribution is 2.35. The smallest absolute Gasteiger partial charge is 0.319 e. The fraction of sp³-hybridized carbons (Fsp3) is 0.105. The lowest BCUT2D eigenvalue weighted by molar-refractivity contribution is -0.115. The maximum atomic E-state index is 11.8. The summed E-state index contributed by atoms with van der Waals surface area (Å²) in [5.41, 5.74) is 6.08. The van der Waals surface area contributed by atoms with E-state index >= 15 is 0 Å². The Morgan fingerprint density at radius 2 is 1.89 bits per heavy atom. The molecule has 0 aliphatic heterocycles. The van der Waals surface area contributed by atoms with Crippen LogP contribution in [-0.4, -0.2) is 19.0 Å². The third-order valence-electron chi connectivity index (χ3n) is 3.49. The fourth-order valence-electron chi connectivity index (χ4n) is 2.16. The number of carbonyl (C=O) groups is 2. The van der Waals surface area contributed by atoms with E-state index in [4.69, 9.17) is 20.5 Å². The monoisotopic (exact) mass is 507 g/mol. The molecule has 0 saturated heterocycles. The number of hydrogen-bond donors (Lipinski definition) is 2. The topological polar surface area (TPSA) is 114 Å². The van der Waals surface area contributed by atoms with Crippen LogP contribution in [0.4, 0.5) is 4.79 Å². The molecule has 28 heavy (non-hydrogen) atoms. The summed E-state index contributed by atoms with van der Waals surface area (Å²) in [4.78, 5) is 22.6. The second kappa shape index (κ2) is 9.92. The van der Waals surface area contributed by atoms with Gasteiger partial charge in [-0.15, -0.1) is 0 Å². The van der Waals surface area contributed by atoms with Gasteiger partial charge in [-0.1, -0.05) is 44.0 Å². The van der Waals surface area contributed by atoms with Crippen molar-refractivity contribution in [1.82, 2.24) is 5.32 Å². The number of carbonyl (C=O) groups excluding carboxylic acids is 2. The summed E-state index contributed by atoms with van der Waals surface area (Å²) in [6.45, 7) is 0.329. The lowest BCUT2D eigenvalue weighted by atomic mass is 10.1. The number of nitrogens with two attached hydrogens (primary N) is 1.